The Bertz CT molecular complexity index is 6410. The number of likely N-dealkylation sites (N-methyl/N-ethyl adjacent to an activating group) is 2. The summed E-state index contributed by atoms with van der Waals surface area (Å²) in [6, 6.07) is 53.3. The molecule has 0 bridgehead atoms. The lowest BCUT2D eigenvalue weighted by Gasteiger charge is -2.66. The lowest BCUT2D eigenvalue weighted by Crippen LogP contribution is -2.76. The number of amides is 1. The summed E-state index contributed by atoms with van der Waals surface area (Å²) in [4.78, 5) is 69.1. The molecule has 14 atom stereocenters. The second-order valence-corrected chi connectivity index (χ2v) is 43.8. The van der Waals surface area contributed by atoms with Crippen LogP contribution in [0.2, 0.25) is 5.02 Å². The molecule has 3 saturated carbocycles. The summed E-state index contributed by atoms with van der Waals surface area (Å²) in [6.07, 6.45) is 1.86. The van der Waals surface area contributed by atoms with E-state index >= 15 is 0 Å². The fraction of sp³-hybridized carbons (Fsp3) is 0.479. The van der Waals surface area contributed by atoms with Crippen LogP contribution in [0.1, 0.15) is 211 Å². The molecule has 2 spiro atoms. The number of benzene rings is 8. The zero-order valence-electron chi connectivity index (χ0n) is 82.7. The first-order valence-electron chi connectivity index (χ1n) is 50.0. The van der Waals surface area contributed by atoms with E-state index in [9.17, 15) is 61.8 Å². The zero-order chi connectivity index (χ0) is 101. The summed E-state index contributed by atoms with van der Waals surface area (Å²) in [5, 5.41) is 56.6. The van der Waals surface area contributed by atoms with Gasteiger partial charge in [0.15, 0.2) is 5.60 Å². The van der Waals surface area contributed by atoms with Crippen LogP contribution >= 0.6 is 23.4 Å². The third-order valence-electron chi connectivity index (χ3n) is 34.0. The predicted molar refractivity (Wildman–Crippen MR) is 568 cm³/mol. The molecular formula is C117H144ClF5N10O13S. The number of aliphatic hydroxyl groups excluding tert-OH is 1. The van der Waals surface area contributed by atoms with E-state index in [1.807, 2.05) is 122 Å². The van der Waals surface area contributed by atoms with Crippen LogP contribution in [-0.2, 0) is 68.2 Å². The number of carbonyl (C=O) groups excluding carboxylic acids is 3. The number of halogens is 6. The van der Waals surface area contributed by atoms with E-state index in [1.165, 1.54) is 61.7 Å². The van der Waals surface area contributed by atoms with Crippen LogP contribution in [0.15, 0.2) is 239 Å². The number of epoxide rings is 1. The fourth-order valence-corrected chi connectivity index (χ4v) is 27.8. The number of allylic oxidation sites excluding steroid dienone is 2. The number of ether oxygens (including phenoxy) is 5. The average molecular weight is 2060 g/mol. The maximum Gasteiger partial charge on any atom is 0.416 e. The quantitative estimate of drug-likeness (QED) is 0.00975. The molecule has 1 amide bonds. The van der Waals surface area contributed by atoms with Crippen molar-refractivity contribution in [2.45, 2.75) is 247 Å². The Morgan fingerprint density at radius 1 is 0.748 bits per heavy atom. The van der Waals surface area contributed by atoms with Crippen LogP contribution in [0.5, 0.6) is 0 Å². The summed E-state index contributed by atoms with van der Waals surface area (Å²) in [6.45, 7) is 33.1. The maximum absolute atomic E-state index is 13.5. The molecule has 8 aliphatic heterocycles. The Labute approximate surface area is 870 Å². The molecule has 1 aromatic heterocycles. The number of carbonyl (C=O) groups is 3. The first-order chi connectivity index (χ1) is 68.3. The first kappa shape index (κ1) is 111. The van der Waals surface area contributed by atoms with Gasteiger partial charge in [-0.15, -0.1) is 0 Å². The number of nitro benzene ring substituents is 1. The number of non-ortho nitro benzene ring substituents is 1. The van der Waals surface area contributed by atoms with Gasteiger partial charge in [-0.3, -0.25) is 19.8 Å². The van der Waals surface area contributed by atoms with E-state index < -0.39 is 91.6 Å². The van der Waals surface area contributed by atoms with E-state index in [0.29, 0.717) is 73.2 Å². The number of aromatic amines is 1. The number of methoxy groups -OCH3 is 1. The van der Waals surface area contributed by atoms with Gasteiger partial charge in [0.25, 0.3) is 5.69 Å². The number of H-pyrrole nitrogens is 1. The Kier molecular flexibility index (Phi) is 32.3. The maximum atomic E-state index is 13.5. The molecule has 30 heteroatoms. The van der Waals surface area contributed by atoms with Crippen LogP contribution in [0, 0.1) is 44.9 Å². The van der Waals surface area contributed by atoms with Crippen LogP contribution in [0.4, 0.5) is 44.7 Å². The SMILES string of the molecule is C.C.C.C.C=C(C)[C@H]1O[C@H]2CC[C@@]3(C)[C@@](O)(CC[C@H]4[C@@H]5OC(C)(C)[C@H]6C[C@@H]7C(=C)Cc8c(Cl)cc9[nH]c(c5c9c8[C@@]76O)[C@@]43C)[C@]23O[C@@H]3[C@H]1O.CN1CCN(CCCN2c3ccccc3Sc3ccc(C(F)(F)F)cc32)CC1.COC(=O)C1=C(C)NC(C)=C(C(=O)OCCN(C)Cc2ccccc2)C1c1cccc([N+](=O)[O-])c1.O=C1NCN(c2ccccc2)C12CCN(CCCC(c1ccc(F)cc1)c1ccc(F)cc1)CC2. The molecule has 23 nitrogen and oxygen atoms in total. The first-order valence-corrected chi connectivity index (χ1v) is 51.2. The van der Waals surface area contributed by atoms with Gasteiger partial charge in [-0.05, 0) is 244 Å². The summed E-state index contributed by atoms with van der Waals surface area (Å²) < 4.78 is 97.7. The number of hydrogen-bond donors (Lipinski definition) is 6. The summed E-state index contributed by atoms with van der Waals surface area (Å²) in [5.41, 5.74) is 8.47. The third kappa shape index (κ3) is 19.5. The number of likely N-dealkylation sites (tertiary alicyclic amines) is 1. The number of nitro groups is 1. The minimum atomic E-state index is -4.33. The number of anilines is 3. The minimum Gasteiger partial charge on any atom is -0.466 e. The summed E-state index contributed by atoms with van der Waals surface area (Å²) in [5.74, 6) is -2.43. The second kappa shape index (κ2) is 43.0. The Morgan fingerprint density at radius 2 is 1.37 bits per heavy atom. The second-order valence-electron chi connectivity index (χ2n) is 42.3. The Balaban J connectivity index is 0.000000148. The van der Waals surface area contributed by atoms with Gasteiger partial charge < -0.3 is 79.1 Å². The highest BCUT2D eigenvalue weighted by atomic mass is 35.5. The van der Waals surface area contributed by atoms with Gasteiger partial charge >= 0.3 is 18.1 Å². The van der Waals surface area contributed by atoms with E-state index in [1.54, 1.807) is 37.7 Å². The number of piperazine rings is 1. The number of rotatable bonds is 21. The normalized spacial score (nSPS) is 27.5. The lowest BCUT2D eigenvalue weighted by atomic mass is 9.40. The molecule has 9 aromatic rings. The number of aliphatic hydroxyl groups is 3. The average Bonchev–Trinajstić information content (AvgIpc) is 1.46. The summed E-state index contributed by atoms with van der Waals surface area (Å²) in [7, 11) is 5.31. The zero-order valence-corrected chi connectivity index (χ0v) is 84.3. The van der Waals surface area contributed by atoms with Crippen molar-refractivity contribution in [3.63, 3.8) is 0 Å². The molecule has 5 aliphatic carbocycles. The molecule has 8 aromatic carbocycles. The number of aromatic nitrogens is 1. The highest BCUT2D eigenvalue weighted by Gasteiger charge is 2.87. The van der Waals surface area contributed by atoms with Gasteiger partial charge in [0.2, 0.25) is 5.91 Å². The van der Waals surface area contributed by atoms with Gasteiger partial charge in [-0.1, -0.05) is 183 Å². The Morgan fingerprint density at radius 3 is 2.02 bits per heavy atom. The molecule has 13 aliphatic rings. The molecule has 1 unspecified atom stereocenters. The highest BCUT2D eigenvalue weighted by molar-refractivity contribution is 7.99. The van der Waals surface area contributed by atoms with Crippen LogP contribution in [-0.4, -0.2) is 209 Å². The molecule has 6 N–H and O–H groups in total. The van der Waals surface area contributed by atoms with Crippen molar-refractivity contribution in [2.24, 2.45) is 23.2 Å². The number of esters is 2. The molecule has 9 heterocycles. The number of piperidine rings is 1. The van der Waals surface area contributed by atoms with Crippen molar-refractivity contribution in [3.05, 3.63) is 306 Å². The number of nitrogens with zero attached hydrogens (tertiary/aromatic N) is 7. The fourth-order valence-electron chi connectivity index (χ4n) is 26.4. The van der Waals surface area contributed by atoms with E-state index in [4.69, 9.17) is 35.3 Å². The van der Waals surface area contributed by atoms with Crippen molar-refractivity contribution in [2.75, 3.05) is 110 Å². The van der Waals surface area contributed by atoms with Crippen LogP contribution < -0.4 is 20.4 Å². The van der Waals surface area contributed by atoms with Crippen molar-refractivity contribution in [3.8, 4) is 0 Å². The number of alkyl halides is 3. The number of hydrogen-bond acceptors (Lipinski definition) is 21. The van der Waals surface area contributed by atoms with E-state index in [0.717, 1.165) is 186 Å². The van der Waals surface area contributed by atoms with Gasteiger partial charge in [0.05, 0.1) is 70.5 Å². The number of dihydropyridines is 1. The van der Waals surface area contributed by atoms with Gasteiger partial charge in [0, 0.05) is 160 Å². The number of para-hydroxylation sites is 2. The molecule has 5 saturated heterocycles. The number of fused-ring (bicyclic) bond motifs is 7. The standard InChI is InChI=1S/C37H44ClNO6.C29H31F2N3O.C26H29N3O6.C21H24F3N3S.4CH4/c1-15(2)28-27(40)31-37(45-31)23(43-28)9-10-33(6)34(7)18(8-11-35(33,37)41)29-25-24-21(39-30(25)34)14-20(38)17-12-16(3)19-13-22(32(4,5)44-29)36(19,42)26(17)24;30-24-12-8-22(9-13-24)27(23-10-14-25(31)15-11-23)7-4-18-33-19-16-29(17-20-33)28(35)32-21-34(29)26-5-2-1-3-6-26;1-17-22(25(30)34-4)24(20-11-8-12-21(15-20)29(32)33)23(18(2)27-17)26(31)35-14-13-28(3)16-19-9-6-5-7-10-19;1-25-11-13-26(14-12-25)9-4-10-27-17-5-2-3-6-19(17)28-20-8-7-16(15-18(20)27)21(22,23)24;;;;/h14,18-19,22-23,27-29,31,39-42H,1,3,8-13H2,2,4-7H3;1-3,5-6,8-15,27H,4,7,16-21H2,(H,32,35);5-12,15,24,27H,13-14,16H2,1-4H3;2-3,5-8,15H,4,9-14H2,1H3;4*1H4/t18-,19+,22+,23-,27-,28+,29-,31+,33+,34+,35-,36+,37-;;;;;;;/m0......./s1. The molecule has 147 heavy (non-hydrogen) atoms. The van der Waals surface area contributed by atoms with Gasteiger partial charge in [-0.25, -0.2) is 18.4 Å². The van der Waals surface area contributed by atoms with E-state index in [2.05, 4.69) is 100 Å². The molecule has 0 radical (unpaired) electrons. The van der Waals surface area contributed by atoms with Crippen molar-refractivity contribution in [1.82, 2.24) is 35.2 Å². The smallest absolute Gasteiger partial charge is 0.416 e. The highest BCUT2D eigenvalue weighted by Crippen LogP contribution is 2.78. The van der Waals surface area contributed by atoms with Crippen LogP contribution in [0.3, 0.4) is 0 Å². The van der Waals surface area contributed by atoms with Crippen LogP contribution in [0.25, 0.3) is 10.9 Å². The predicted octanol–water partition coefficient (Wildman–Crippen LogP) is 22.1. The molecule has 8 fully saturated rings. The topological polar surface area (TPSA) is 264 Å². The van der Waals surface area contributed by atoms with Crippen molar-refractivity contribution < 1.29 is 80.3 Å². The van der Waals surface area contributed by atoms with Crippen molar-refractivity contribution in [1.29, 1.82) is 0 Å². The Hall–Kier alpha value is -10.6. The largest absolute Gasteiger partial charge is 0.466 e. The van der Waals surface area contributed by atoms with Crippen molar-refractivity contribution >= 4 is 74.9 Å². The summed E-state index contributed by atoms with van der Waals surface area (Å²) >= 11 is 8.60. The number of nitrogens with one attached hydrogen (secondary N) is 3. The van der Waals surface area contributed by atoms with Gasteiger partial charge in [-0.2, -0.15) is 13.2 Å². The monoisotopic (exact) mass is 2060 g/mol. The third-order valence-corrected chi connectivity index (χ3v) is 35.5. The van der Waals surface area contributed by atoms with Gasteiger partial charge in [0.1, 0.15) is 53.3 Å². The molecular weight excluding hydrogens is 1920 g/mol. The minimum absolute atomic E-state index is 0. The lowest BCUT2D eigenvalue weighted by molar-refractivity contribution is -0.384. The molecule has 788 valence electrons. The molecule has 22 rings (SSSR count). The van der Waals surface area contributed by atoms with E-state index in [-0.39, 0.29) is 107 Å².